The predicted molar refractivity (Wildman–Crippen MR) is 99.0 cm³/mol. The topological polar surface area (TPSA) is 65.9 Å². The Labute approximate surface area is 156 Å². The highest BCUT2D eigenvalue weighted by Gasteiger charge is 2.20. The van der Waals surface area contributed by atoms with Crippen LogP contribution < -0.4 is 15.0 Å². The minimum absolute atomic E-state index is 0.294. The third-order valence-corrected chi connectivity index (χ3v) is 4.17. The number of guanidine groups is 1. The molecule has 7 nitrogen and oxygen atoms in total. The molecule has 27 heavy (non-hydrogen) atoms. The monoisotopic (exact) mass is 376 g/mol. The van der Waals surface area contributed by atoms with Gasteiger partial charge in [-0.15, -0.1) is 0 Å². The van der Waals surface area contributed by atoms with E-state index in [0.29, 0.717) is 18.9 Å². The molecule has 0 atom stereocenters. The Balaban J connectivity index is 1.42. The summed E-state index contributed by atoms with van der Waals surface area (Å²) in [6, 6.07) is 5.29. The van der Waals surface area contributed by atoms with Gasteiger partial charge < -0.3 is 19.9 Å². The molecule has 0 bridgehead atoms. The van der Waals surface area contributed by atoms with Crippen LogP contribution in [-0.2, 0) is 0 Å². The molecule has 1 N–H and O–H groups in total. The van der Waals surface area contributed by atoms with Gasteiger partial charge in [-0.2, -0.15) is 0 Å². The lowest BCUT2D eigenvalue weighted by molar-refractivity contribution is 0.312. The van der Waals surface area contributed by atoms with Gasteiger partial charge in [-0.05, 0) is 18.2 Å². The van der Waals surface area contributed by atoms with Crippen LogP contribution in [0.15, 0.2) is 41.7 Å². The van der Waals surface area contributed by atoms with Crippen molar-refractivity contribution >= 4 is 11.9 Å². The van der Waals surface area contributed by atoms with Gasteiger partial charge in [0.15, 0.2) is 17.6 Å². The van der Waals surface area contributed by atoms with Crippen LogP contribution in [0, 0.1) is 11.6 Å². The van der Waals surface area contributed by atoms with E-state index in [-0.39, 0.29) is 0 Å². The van der Waals surface area contributed by atoms with Crippen LogP contribution in [0.1, 0.15) is 0 Å². The van der Waals surface area contributed by atoms with Crippen molar-refractivity contribution in [3.63, 3.8) is 0 Å². The summed E-state index contributed by atoms with van der Waals surface area (Å²) >= 11 is 0. The molecule has 2 heterocycles. The zero-order valence-corrected chi connectivity index (χ0v) is 15.1. The summed E-state index contributed by atoms with van der Waals surface area (Å²) in [6.45, 7) is 3.99. The molecular weight excluding hydrogens is 354 g/mol. The third kappa shape index (κ3) is 5.02. The molecule has 1 saturated heterocycles. The van der Waals surface area contributed by atoms with Crippen LogP contribution in [0.25, 0.3) is 0 Å². The number of benzene rings is 1. The minimum Gasteiger partial charge on any atom is -0.492 e. The van der Waals surface area contributed by atoms with E-state index in [9.17, 15) is 8.78 Å². The molecule has 9 heteroatoms. The molecule has 144 valence electrons. The van der Waals surface area contributed by atoms with Crippen molar-refractivity contribution < 1.29 is 13.5 Å². The maximum absolute atomic E-state index is 13.2. The fourth-order valence-corrected chi connectivity index (χ4v) is 2.80. The second kappa shape index (κ2) is 9.11. The molecule has 0 aliphatic carbocycles. The lowest BCUT2D eigenvalue weighted by Gasteiger charge is -2.36. The number of nitrogens with zero attached hydrogens (tertiary/aromatic N) is 5. The first-order chi connectivity index (χ1) is 13.2. The summed E-state index contributed by atoms with van der Waals surface area (Å²) < 4.78 is 31.5. The molecule has 0 amide bonds. The number of hydrogen-bond donors (Lipinski definition) is 1. The average molecular weight is 376 g/mol. The summed E-state index contributed by atoms with van der Waals surface area (Å²) in [5.41, 5.74) is 0. The normalized spacial score (nSPS) is 15.0. The first-order valence-electron chi connectivity index (χ1n) is 8.73. The largest absolute Gasteiger partial charge is 0.492 e. The first kappa shape index (κ1) is 18.8. The lowest BCUT2D eigenvalue weighted by Crippen LogP contribution is -2.53. The number of halogens is 2. The Morgan fingerprint density at radius 2 is 1.89 bits per heavy atom. The van der Waals surface area contributed by atoms with Gasteiger partial charge in [-0.1, -0.05) is 0 Å². The van der Waals surface area contributed by atoms with Crippen LogP contribution in [0.2, 0.25) is 0 Å². The van der Waals surface area contributed by atoms with Gasteiger partial charge in [0.25, 0.3) is 0 Å². The van der Waals surface area contributed by atoms with Crippen molar-refractivity contribution in [2.45, 2.75) is 0 Å². The highest BCUT2D eigenvalue weighted by molar-refractivity contribution is 5.80. The van der Waals surface area contributed by atoms with Crippen LogP contribution in [-0.4, -0.2) is 67.2 Å². The van der Waals surface area contributed by atoms with Gasteiger partial charge in [-0.25, -0.2) is 18.7 Å². The zero-order chi connectivity index (χ0) is 19.1. The minimum atomic E-state index is -0.920. The van der Waals surface area contributed by atoms with Crippen molar-refractivity contribution in [3.8, 4) is 5.75 Å². The molecule has 0 unspecified atom stereocenters. The Morgan fingerprint density at radius 1 is 1.15 bits per heavy atom. The van der Waals surface area contributed by atoms with Gasteiger partial charge in [0.1, 0.15) is 12.4 Å². The maximum atomic E-state index is 13.2. The maximum Gasteiger partial charge on any atom is 0.225 e. The second-order valence-electron chi connectivity index (χ2n) is 5.92. The number of rotatable bonds is 5. The number of ether oxygens (including phenoxy) is 1. The van der Waals surface area contributed by atoms with Crippen molar-refractivity contribution in [2.24, 2.45) is 4.99 Å². The average Bonchev–Trinajstić information content (AvgIpc) is 2.71. The van der Waals surface area contributed by atoms with Crippen LogP contribution in [0.4, 0.5) is 14.7 Å². The summed E-state index contributed by atoms with van der Waals surface area (Å²) in [4.78, 5) is 17.1. The quantitative estimate of drug-likeness (QED) is 0.485. The van der Waals surface area contributed by atoms with E-state index in [1.54, 1.807) is 25.5 Å². The van der Waals surface area contributed by atoms with Crippen LogP contribution >= 0.6 is 0 Å². The van der Waals surface area contributed by atoms with E-state index in [1.807, 2.05) is 0 Å². The van der Waals surface area contributed by atoms with E-state index >= 15 is 0 Å². The van der Waals surface area contributed by atoms with Crippen LogP contribution in [0.5, 0.6) is 5.75 Å². The van der Waals surface area contributed by atoms with Crippen LogP contribution in [0.3, 0.4) is 0 Å². The number of anilines is 1. The molecule has 0 saturated carbocycles. The van der Waals surface area contributed by atoms with Gasteiger partial charge >= 0.3 is 0 Å². The third-order valence-electron chi connectivity index (χ3n) is 4.17. The molecule has 3 rings (SSSR count). The fraction of sp³-hybridized carbons (Fsp3) is 0.389. The highest BCUT2D eigenvalue weighted by atomic mass is 19.2. The Bertz CT molecular complexity index is 766. The summed E-state index contributed by atoms with van der Waals surface area (Å²) in [6.07, 6.45) is 3.48. The SMILES string of the molecule is CN=C(NCCOc1ccc(F)c(F)c1)N1CCN(c2ncccn2)CC1. The molecule has 1 fully saturated rings. The summed E-state index contributed by atoms with van der Waals surface area (Å²) in [5, 5.41) is 3.22. The van der Waals surface area contributed by atoms with E-state index in [4.69, 9.17) is 4.74 Å². The number of aromatic nitrogens is 2. The lowest BCUT2D eigenvalue weighted by atomic mass is 10.3. The number of hydrogen-bond acceptors (Lipinski definition) is 5. The predicted octanol–water partition coefficient (Wildman–Crippen LogP) is 1.53. The van der Waals surface area contributed by atoms with Gasteiger partial charge in [0.05, 0.1) is 6.54 Å². The van der Waals surface area contributed by atoms with Crippen molar-refractivity contribution in [1.29, 1.82) is 0 Å². The van der Waals surface area contributed by atoms with Gasteiger partial charge in [-0.3, -0.25) is 4.99 Å². The van der Waals surface area contributed by atoms with E-state index in [1.165, 1.54) is 6.07 Å². The summed E-state index contributed by atoms with van der Waals surface area (Å²) in [7, 11) is 1.73. The number of nitrogens with one attached hydrogen (secondary N) is 1. The van der Waals surface area contributed by atoms with E-state index in [2.05, 4.69) is 30.1 Å². The Kier molecular flexibility index (Phi) is 6.35. The number of aliphatic imine (C=N–C) groups is 1. The van der Waals surface area contributed by atoms with Crippen molar-refractivity contribution in [1.82, 2.24) is 20.2 Å². The zero-order valence-electron chi connectivity index (χ0n) is 15.1. The van der Waals surface area contributed by atoms with E-state index < -0.39 is 11.6 Å². The molecule has 1 aliphatic rings. The highest BCUT2D eigenvalue weighted by Crippen LogP contribution is 2.15. The molecular formula is C18H22F2N6O. The van der Waals surface area contributed by atoms with Gasteiger partial charge in [0, 0.05) is 51.7 Å². The Hall–Kier alpha value is -2.97. The molecule has 0 radical (unpaired) electrons. The van der Waals surface area contributed by atoms with Crippen molar-refractivity contribution in [2.75, 3.05) is 51.3 Å². The van der Waals surface area contributed by atoms with Gasteiger partial charge in [0.2, 0.25) is 5.95 Å². The van der Waals surface area contributed by atoms with Crippen molar-refractivity contribution in [3.05, 3.63) is 48.3 Å². The molecule has 1 aromatic heterocycles. The molecule has 0 spiro atoms. The Morgan fingerprint density at radius 3 is 2.56 bits per heavy atom. The first-order valence-corrected chi connectivity index (χ1v) is 8.73. The fourth-order valence-electron chi connectivity index (χ4n) is 2.80. The number of piperazine rings is 1. The smallest absolute Gasteiger partial charge is 0.225 e. The van der Waals surface area contributed by atoms with E-state index in [0.717, 1.165) is 50.2 Å². The molecule has 2 aromatic rings. The molecule has 1 aromatic carbocycles. The molecule has 1 aliphatic heterocycles. The second-order valence-corrected chi connectivity index (χ2v) is 5.92. The summed E-state index contributed by atoms with van der Waals surface area (Å²) in [5.74, 6) is -0.00263. The standard InChI is InChI=1S/C18H22F2N6O/c1-21-17(24-7-12-27-14-3-4-15(19)16(20)13-14)25-8-10-26(11-9-25)18-22-5-2-6-23-18/h2-6,13H,7-12H2,1H3,(H,21,24).